The number of hydrogen-bond acceptors (Lipinski definition) is 6. The van der Waals surface area contributed by atoms with Gasteiger partial charge in [0, 0.05) is 31.5 Å². The van der Waals surface area contributed by atoms with Crippen LogP contribution in [0.3, 0.4) is 0 Å². The maximum Gasteiger partial charge on any atom is 0.410 e. The molecule has 2 atom stereocenters. The highest BCUT2D eigenvalue weighted by Gasteiger charge is 2.49. The molecule has 31 heavy (non-hydrogen) atoms. The predicted octanol–water partition coefficient (Wildman–Crippen LogP) is 4.13. The number of carbonyl (C=O) groups excluding carboxylic acids is 1. The molecule has 2 aliphatic rings. The molecule has 0 radical (unpaired) electrons. The van der Waals surface area contributed by atoms with E-state index in [1.54, 1.807) is 4.68 Å². The SMILES string of the molecule is Cc1nc2c(cc1Cl)[C@H](C(C)c1nnnn1C)CC21CCN(C(=O)OC(C)(C)C)CC1. The van der Waals surface area contributed by atoms with E-state index in [-0.39, 0.29) is 23.3 Å². The number of likely N-dealkylation sites (tertiary alicyclic amines) is 1. The lowest BCUT2D eigenvalue weighted by molar-refractivity contribution is 0.0159. The van der Waals surface area contributed by atoms with Crippen molar-refractivity contribution in [3.63, 3.8) is 0 Å². The largest absolute Gasteiger partial charge is 0.444 e. The minimum atomic E-state index is -0.494. The number of ether oxygens (including phenoxy) is 1. The smallest absolute Gasteiger partial charge is 0.410 e. The molecular formula is C22H31ClN6O2. The van der Waals surface area contributed by atoms with Gasteiger partial charge in [-0.1, -0.05) is 18.5 Å². The first-order valence-electron chi connectivity index (χ1n) is 10.9. The maximum atomic E-state index is 12.6. The molecule has 1 aliphatic carbocycles. The molecule has 8 nitrogen and oxygen atoms in total. The fourth-order valence-electron chi connectivity index (χ4n) is 5.06. The summed E-state index contributed by atoms with van der Waals surface area (Å²) >= 11 is 6.49. The topological polar surface area (TPSA) is 86.0 Å². The lowest BCUT2D eigenvalue weighted by Gasteiger charge is -2.40. The van der Waals surface area contributed by atoms with Gasteiger partial charge in [0.05, 0.1) is 16.4 Å². The summed E-state index contributed by atoms with van der Waals surface area (Å²) in [6.07, 6.45) is 2.42. The van der Waals surface area contributed by atoms with Gasteiger partial charge >= 0.3 is 6.09 Å². The van der Waals surface area contributed by atoms with Crippen LogP contribution in [0.15, 0.2) is 6.07 Å². The molecule has 1 saturated heterocycles. The van der Waals surface area contributed by atoms with Gasteiger partial charge in [-0.2, -0.15) is 0 Å². The van der Waals surface area contributed by atoms with Crippen LogP contribution < -0.4 is 0 Å². The van der Waals surface area contributed by atoms with Gasteiger partial charge in [-0.05, 0) is 74.9 Å². The second-order valence-corrected chi connectivity index (χ2v) is 10.4. The van der Waals surface area contributed by atoms with Crippen molar-refractivity contribution >= 4 is 17.7 Å². The molecule has 2 aromatic heterocycles. The molecule has 4 rings (SSSR count). The number of fused-ring (bicyclic) bond motifs is 2. The summed E-state index contributed by atoms with van der Waals surface area (Å²) in [7, 11) is 1.87. The zero-order valence-electron chi connectivity index (χ0n) is 19.1. The molecule has 0 saturated carbocycles. The first kappa shape index (κ1) is 22.0. The van der Waals surface area contributed by atoms with E-state index < -0.39 is 5.60 Å². The quantitative estimate of drug-likeness (QED) is 0.689. The van der Waals surface area contributed by atoms with Crippen molar-refractivity contribution in [2.24, 2.45) is 7.05 Å². The highest BCUT2D eigenvalue weighted by molar-refractivity contribution is 6.31. The van der Waals surface area contributed by atoms with E-state index in [1.807, 2.05) is 39.6 Å². The predicted molar refractivity (Wildman–Crippen MR) is 117 cm³/mol. The molecule has 1 aliphatic heterocycles. The number of aryl methyl sites for hydroxylation is 2. The fraction of sp³-hybridized carbons (Fsp3) is 0.682. The lowest BCUT2D eigenvalue weighted by Crippen LogP contribution is -2.46. The summed E-state index contributed by atoms with van der Waals surface area (Å²) in [6, 6.07) is 2.08. The Labute approximate surface area is 188 Å². The number of tetrazole rings is 1. The summed E-state index contributed by atoms with van der Waals surface area (Å²) in [4.78, 5) is 19.4. The zero-order valence-corrected chi connectivity index (χ0v) is 19.9. The van der Waals surface area contributed by atoms with Crippen LogP contribution >= 0.6 is 11.6 Å². The Hall–Kier alpha value is -2.22. The monoisotopic (exact) mass is 446 g/mol. The molecule has 0 N–H and O–H groups in total. The molecule has 1 spiro atoms. The number of hydrogen-bond donors (Lipinski definition) is 0. The molecule has 1 amide bonds. The molecule has 1 unspecified atom stereocenters. The first-order valence-corrected chi connectivity index (χ1v) is 11.3. The number of nitrogens with zero attached hydrogens (tertiary/aromatic N) is 6. The van der Waals surface area contributed by atoms with Crippen molar-refractivity contribution in [2.75, 3.05) is 13.1 Å². The zero-order chi connectivity index (χ0) is 22.6. The number of amides is 1. The standard InChI is InChI=1S/C22H31ClN6O2/c1-13(19-25-26-27-28(19)6)16-12-22(18-15(16)11-17(23)14(2)24-18)7-9-29(10-8-22)20(30)31-21(3,4)5/h11,13,16H,7-10,12H2,1-6H3/t13?,16-/m0/s1. The van der Waals surface area contributed by atoms with Crippen LogP contribution in [0.5, 0.6) is 0 Å². The molecule has 2 aromatic rings. The van der Waals surface area contributed by atoms with Crippen molar-refractivity contribution < 1.29 is 9.53 Å². The third-order valence-corrected chi connectivity index (χ3v) is 7.11. The van der Waals surface area contributed by atoms with E-state index in [0.29, 0.717) is 18.1 Å². The van der Waals surface area contributed by atoms with Crippen LogP contribution in [0.25, 0.3) is 0 Å². The number of pyridine rings is 1. The van der Waals surface area contributed by atoms with E-state index in [0.717, 1.165) is 36.5 Å². The Morgan fingerprint density at radius 3 is 2.58 bits per heavy atom. The Morgan fingerprint density at radius 2 is 2.00 bits per heavy atom. The molecular weight excluding hydrogens is 416 g/mol. The number of aromatic nitrogens is 5. The van der Waals surface area contributed by atoms with Crippen molar-refractivity contribution in [3.05, 3.63) is 33.9 Å². The van der Waals surface area contributed by atoms with Gasteiger partial charge in [-0.25, -0.2) is 9.48 Å². The average Bonchev–Trinajstić information content (AvgIpc) is 3.23. The van der Waals surface area contributed by atoms with Crippen LogP contribution in [-0.4, -0.2) is 54.9 Å². The molecule has 0 bridgehead atoms. The van der Waals surface area contributed by atoms with Gasteiger partial charge in [-0.15, -0.1) is 5.10 Å². The molecule has 0 aromatic carbocycles. The molecule has 3 heterocycles. The van der Waals surface area contributed by atoms with Gasteiger partial charge in [0.1, 0.15) is 5.60 Å². The minimum absolute atomic E-state index is 0.0753. The third kappa shape index (κ3) is 4.02. The van der Waals surface area contributed by atoms with Crippen LogP contribution in [0.2, 0.25) is 5.02 Å². The molecule has 9 heteroatoms. The average molecular weight is 447 g/mol. The summed E-state index contributed by atoms with van der Waals surface area (Å²) < 4.78 is 7.32. The van der Waals surface area contributed by atoms with Gasteiger partial charge < -0.3 is 9.64 Å². The van der Waals surface area contributed by atoms with E-state index in [2.05, 4.69) is 28.5 Å². The van der Waals surface area contributed by atoms with Crippen molar-refractivity contribution in [3.8, 4) is 0 Å². The Bertz CT molecular complexity index is 990. The van der Waals surface area contributed by atoms with Gasteiger partial charge in [0.2, 0.25) is 0 Å². The Balaban J connectivity index is 1.62. The summed E-state index contributed by atoms with van der Waals surface area (Å²) in [5.74, 6) is 1.21. The first-order chi connectivity index (χ1) is 14.5. The number of halogens is 1. The molecule has 168 valence electrons. The van der Waals surface area contributed by atoms with Crippen molar-refractivity contribution in [2.45, 2.75) is 76.7 Å². The second kappa shape index (κ2) is 7.73. The van der Waals surface area contributed by atoms with E-state index in [4.69, 9.17) is 21.3 Å². The summed E-state index contributed by atoms with van der Waals surface area (Å²) in [6.45, 7) is 11.1. The number of rotatable bonds is 2. The summed E-state index contributed by atoms with van der Waals surface area (Å²) in [5, 5.41) is 12.8. The van der Waals surface area contributed by atoms with Crippen LogP contribution in [0, 0.1) is 6.92 Å². The normalized spacial score (nSPS) is 21.3. The number of carbonyl (C=O) groups is 1. The number of piperidine rings is 1. The minimum Gasteiger partial charge on any atom is -0.444 e. The van der Waals surface area contributed by atoms with E-state index in [9.17, 15) is 4.79 Å². The lowest BCUT2D eigenvalue weighted by atomic mass is 9.74. The van der Waals surface area contributed by atoms with Gasteiger partial charge in [-0.3, -0.25) is 4.98 Å². The van der Waals surface area contributed by atoms with Crippen LogP contribution in [-0.2, 0) is 17.2 Å². The Kier molecular flexibility index (Phi) is 5.48. The van der Waals surface area contributed by atoms with Crippen molar-refractivity contribution in [1.29, 1.82) is 0 Å². The highest BCUT2D eigenvalue weighted by atomic mass is 35.5. The van der Waals surface area contributed by atoms with Crippen LogP contribution in [0.1, 0.15) is 81.6 Å². The maximum absolute atomic E-state index is 12.6. The molecule has 1 fully saturated rings. The fourth-order valence-corrected chi connectivity index (χ4v) is 5.22. The van der Waals surface area contributed by atoms with Crippen LogP contribution in [0.4, 0.5) is 4.79 Å². The Morgan fingerprint density at radius 1 is 1.32 bits per heavy atom. The van der Waals surface area contributed by atoms with E-state index in [1.165, 1.54) is 5.56 Å². The highest BCUT2D eigenvalue weighted by Crippen LogP contribution is 2.55. The van der Waals surface area contributed by atoms with Gasteiger partial charge in [0.15, 0.2) is 5.82 Å². The second-order valence-electron chi connectivity index (χ2n) is 10.0. The van der Waals surface area contributed by atoms with E-state index >= 15 is 0 Å². The summed E-state index contributed by atoms with van der Waals surface area (Å²) in [5.41, 5.74) is 2.60. The van der Waals surface area contributed by atoms with Gasteiger partial charge in [0.25, 0.3) is 0 Å². The third-order valence-electron chi connectivity index (χ3n) is 6.73. The van der Waals surface area contributed by atoms with Crippen molar-refractivity contribution in [1.82, 2.24) is 30.1 Å².